The number of pyridine rings is 1. The molecule has 1 aliphatic rings. The summed E-state index contributed by atoms with van der Waals surface area (Å²) in [6, 6.07) is 12.3. The van der Waals surface area contributed by atoms with Crippen LogP contribution in [0, 0.1) is 0 Å². The van der Waals surface area contributed by atoms with Gasteiger partial charge in [-0.3, -0.25) is 0 Å². The molecule has 0 saturated carbocycles. The molecule has 2 heterocycles. The highest BCUT2D eigenvalue weighted by molar-refractivity contribution is 5.79. The Morgan fingerprint density at radius 3 is 2.75 bits per heavy atom. The van der Waals surface area contributed by atoms with Crippen molar-refractivity contribution in [2.45, 2.75) is 39.8 Å². The van der Waals surface area contributed by atoms with Gasteiger partial charge in [0.05, 0.1) is 13.2 Å². The van der Waals surface area contributed by atoms with Crippen molar-refractivity contribution in [1.82, 2.24) is 15.6 Å². The van der Waals surface area contributed by atoms with Crippen molar-refractivity contribution in [3.05, 3.63) is 53.7 Å². The second kappa shape index (κ2) is 10.5. The maximum Gasteiger partial charge on any atom is 0.191 e. The number of aliphatic imine (C=N–C) groups is 1. The highest BCUT2D eigenvalue weighted by Gasteiger charge is 2.13. The molecule has 1 aromatic heterocycles. The van der Waals surface area contributed by atoms with E-state index in [4.69, 9.17) is 9.73 Å². The van der Waals surface area contributed by atoms with Crippen LogP contribution in [0.3, 0.4) is 0 Å². The van der Waals surface area contributed by atoms with Crippen LogP contribution in [0.5, 0.6) is 5.75 Å². The summed E-state index contributed by atoms with van der Waals surface area (Å²) in [5.41, 5.74) is 2.29. The summed E-state index contributed by atoms with van der Waals surface area (Å²) in [6.07, 6.45) is 4.39. The first-order valence-corrected chi connectivity index (χ1v) is 10.2. The van der Waals surface area contributed by atoms with Gasteiger partial charge >= 0.3 is 0 Å². The largest absolute Gasteiger partial charge is 0.494 e. The molecule has 0 unspecified atom stereocenters. The van der Waals surface area contributed by atoms with Crippen molar-refractivity contribution in [3.8, 4) is 5.75 Å². The zero-order valence-electron chi connectivity index (χ0n) is 16.9. The lowest BCUT2D eigenvalue weighted by Crippen LogP contribution is -2.36. The molecule has 2 N–H and O–H groups in total. The predicted molar refractivity (Wildman–Crippen MR) is 115 cm³/mol. The van der Waals surface area contributed by atoms with Crippen molar-refractivity contribution in [3.63, 3.8) is 0 Å². The molecule has 0 radical (unpaired) electrons. The molecule has 28 heavy (non-hydrogen) atoms. The number of anilines is 1. The smallest absolute Gasteiger partial charge is 0.191 e. The van der Waals surface area contributed by atoms with Crippen LogP contribution in [0.2, 0.25) is 0 Å². The van der Waals surface area contributed by atoms with E-state index in [9.17, 15) is 0 Å². The summed E-state index contributed by atoms with van der Waals surface area (Å²) in [7, 11) is 0. The molecule has 1 aliphatic heterocycles. The minimum Gasteiger partial charge on any atom is -0.494 e. The molecule has 2 aromatic rings. The zero-order chi connectivity index (χ0) is 19.6. The van der Waals surface area contributed by atoms with Crippen molar-refractivity contribution in [2.75, 3.05) is 31.1 Å². The number of hydrogen-bond donors (Lipinski definition) is 2. The molecule has 1 saturated heterocycles. The first kappa shape index (κ1) is 20.0. The molecule has 1 aromatic carbocycles. The number of guanidine groups is 1. The average molecular weight is 382 g/mol. The van der Waals surface area contributed by atoms with E-state index in [0.717, 1.165) is 42.7 Å². The molecule has 150 valence electrons. The number of para-hydroxylation sites is 1. The Labute approximate surface area is 168 Å². The Morgan fingerprint density at radius 2 is 1.96 bits per heavy atom. The average Bonchev–Trinajstić information content (AvgIpc) is 3.26. The Bertz CT molecular complexity index is 771. The van der Waals surface area contributed by atoms with Gasteiger partial charge in [0.2, 0.25) is 0 Å². The topological polar surface area (TPSA) is 61.8 Å². The highest BCUT2D eigenvalue weighted by atomic mass is 16.5. The van der Waals surface area contributed by atoms with E-state index < -0.39 is 0 Å². The fourth-order valence-electron chi connectivity index (χ4n) is 3.32. The summed E-state index contributed by atoms with van der Waals surface area (Å²) in [5, 5.41) is 6.72. The monoisotopic (exact) mass is 381 g/mol. The van der Waals surface area contributed by atoms with Gasteiger partial charge in [0, 0.05) is 37.9 Å². The zero-order valence-corrected chi connectivity index (χ0v) is 16.9. The number of nitrogens with zero attached hydrogens (tertiary/aromatic N) is 3. The minimum atomic E-state index is 0.617. The summed E-state index contributed by atoms with van der Waals surface area (Å²) >= 11 is 0. The summed E-state index contributed by atoms with van der Waals surface area (Å²) < 4.78 is 5.71. The SMILES string of the molecule is CCNC(=NCc1ccnc(N2CCCC2)c1)NCc1ccccc1OCC. The normalized spacial score (nSPS) is 14.2. The van der Waals surface area contributed by atoms with E-state index >= 15 is 0 Å². The quantitative estimate of drug-likeness (QED) is 0.542. The second-order valence-electron chi connectivity index (χ2n) is 6.81. The molecular weight excluding hydrogens is 350 g/mol. The lowest BCUT2D eigenvalue weighted by Gasteiger charge is -2.17. The lowest BCUT2D eigenvalue weighted by molar-refractivity contribution is 0.336. The molecule has 0 aliphatic carbocycles. The third-order valence-corrected chi connectivity index (χ3v) is 4.72. The Kier molecular flexibility index (Phi) is 7.53. The van der Waals surface area contributed by atoms with Crippen LogP contribution in [-0.2, 0) is 13.1 Å². The van der Waals surface area contributed by atoms with Crippen molar-refractivity contribution < 1.29 is 4.74 Å². The number of nitrogens with one attached hydrogen (secondary N) is 2. The van der Waals surface area contributed by atoms with Crippen molar-refractivity contribution in [1.29, 1.82) is 0 Å². The third-order valence-electron chi connectivity index (χ3n) is 4.72. The van der Waals surface area contributed by atoms with E-state index in [1.54, 1.807) is 0 Å². The highest BCUT2D eigenvalue weighted by Crippen LogP contribution is 2.19. The standard InChI is InChI=1S/C22H31N5O/c1-3-23-22(26-17-19-9-5-6-10-20(19)28-4-2)25-16-18-11-12-24-21(15-18)27-13-7-8-14-27/h5-6,9-12,15H,3-4,7-8,13-14,16-17H2,1-2H3,(H2,23,25,26). The summed E-state index contributed by atoms with van der Waals surface area (Å²) in [6.45, 7) is 9.03. The molecule has 0 bridgehead atoms. The van der Waals surface area contributed by atoms with E-state index in [1.807, 2.05) is 37.4 Å². The van der Waals surface area contributed by atoms with E-state index in [-0.39, 0.29) is 0 Å². The van der Waals surface area contributed by atoms with Gasteiger partial charge in [0.25, 0.3) is 0 Å². The van der Waals surface area contributed by atoms with Crippen molar-refractivity contribution in [2.24, 2.45) is 4.99 Å². The van der Waals surface area contributed by atoms with Crippen molar-refractivity contribution >= 4 is 11.8 Å². The van der Waals surface area contributed by atoms with Gasteiger partial charge in [0.1, 0.15) is 11.6 Å². The maximum absolute atomic E-state index is 5.71. The van der Waals surface area contributed by atoms with Gasteiger partial charge in [-0.2, -0.15) is 0 Å². The molecule has 3 rings (SSSR count). The Morgan fingerprint density at radius 1 is 1.14 bits per heavy atom. The van der Waals surface area contributed by atoms with Crippen LogP contribution in [0.15, 0.2) is 47.6 Å². The molecule has 0 amide bonds. The number of aromatic nitrogens is 1. The van der Waals surface area contributed by atoms with Crippen LogP contribution in [-0.4, -0.2) is 37.2 Å². The fraction of sp³-hybridized carbons (Fsp3) is 0.455. The van der Waals surface area contributed by atoms with Gasteiger partial charge in [-0.15, -0.1) is 0 Å². The summed E-state index contributed by atoms with van der Waals surface area (Å²) in [4.78, 5) is 11.6. The summed E-state index contributed by atoms with van der Waals surface area (Å²) in [5.74, 6) is 2.78. The van der Waals surface area contributed by atoms with Gasteiger partial charge < -0.3 is 20.3 Å². The minimum absolute atomic E-state index is 0.617. The maximum atomic E-state index is 5.71. The van der Waals surface area contributed by atoms with Crippen LogP contribution < -0.4 is 20.3 Å². The van der Waals surface area contributed by atoms with Crippen LogP contribution in [0.25, 0.3) is 0 Å². The first-order chi connectivity index (χ1) is 13.8. The number of ether oxygens (including phenoxy) is 1. The Hall–Kier alpha value is -2.76. The van der Waals surface area contributed by atoms with E-state index in [0.29, 0.717) is 19.7 Å². The van der Waals surface area contributed by atoms with E-state index in [2.05, 4.69) is 39.6 Å². The van der Waals surface area contributed by atoms with Crippen LogP contribution in [0.1, 0.15) is 37.8 Å². The Balaban J connectivity index is 1.63. The van der Waals surface area contributed by atoms with Crippen LogP contribution in [0.4, 0.5) is 5.82 Å². The molecule has 1 fully saturated rings. The van der Waals surface area contributed by atoms with Crippen LogP contribution >= 0.6 is 0 Å². The fourth-order valence-corrected chi connectivity index (χ4v) is 3.32. The van der Waals surface area contributed by atoms with Gasteiger partial charge in [-0.25, -0.2) is 9.98 Å². The molecule has 0 atom stereocenters. The molecule has 6 heteroatoms. The van der Waals surface area contributed by atoms with Gasteiger partial charge in [-0.1, -0.05) is 18.2 Å². The number of hydrogen-bond acceptors (Lipinski definition) is 4. The van der Waals surface area contributed by atoms with Gasteiger partial charge in [0.15, 0.2) is 5.96 Å². The first-order valence-electron chi connectivity index (χ1n) is 10.2. The molecular formula is C22H31N5O. The third kappa shape index (κ3) is 5.62. The molecule has 6 nitrogen and oxygen atoms in total. The molecule has 0 spiro atoms. The number of benzene rings is 1. The predicted octanol–water partition coefficient (Wildman–Crippen LogP) is 3.34. The van der Waals surface area contributed by atoms with E-state index in [1.165, 1.54) is 18.4 Å². The van der Waals surface area contributed by atoms with Gasteiger partial charge in [-0.05, 0) is 50.5 Å². The lowest BCUT2D eigenvalue weighted by atomic mass is 10.2. The second-order valence-corrected chi connectivity index (χ2v) is 6.81. The number of rotatable bonds is 8.